The van der Waals surface area contributed by atoms with E-state index in [1.54, 1.807) is 0 Å². The van der Waals surface area contributed by atoms with Gasteiger partial charge < -0.3 is 4.74 Å². The molecule has 2 nitrogen and oxygen atoms in total. The molecular formula is C10H18I2O2. The minimum atomic E-state index is -0.0347. The molecule has 1 atom stereocenters. The first-order valence-corrected chi connectivity index (χ1v) is 7.86. The molecule has 0 aromatic carbocycles. The zero-order valence-corrected chi connectivity index (χ0v) is 12.9. The van der Waals surface area contributed by atoms with Crippen molar-refractivity contribution in [2.75, 3.05) is 11.0 Å². The second-order valence-electron chi connectivity index (χ2n) is 3.17. The Morgan fingerprint density at radius 1 is 1.36 bits per heavy atom. The van der Waals surface area contributed by atoms with Crippen LogP contribution in [0.4, 0.5) is 0 Å². The second-order valence-corrected chi connectivity index (χ2v) is 5.76. The summed E-state index contributed by atoms with van der Waals surface area (Å²) in [5.41, 5.74) is 0. The fraction of sp³-hybridized carbons (Fsp3) is 0.900. The van der Waals surface area contributed by atoms with Gasteiger partial charge in [-0.1, -0.05) is 64.9 Å². The molecule has 0 saturated heterocycles. The fourth-order valence-electron chi connectivity index (χ4n) is 0.943. The zero-order valence-electron chi connectivity index (χ0n) is 8.60. The molecule has 0 rings (SSSR count). The van der Waals surface area contributed by atoms with Crippen LogP contribution in [0.2, 0.25) is 0 Å². The lowest BCUT2D eigenvalue weighted by molar-refractivity contribution is -0.142. The smallest absolute Gasteiger partial charge is 0.318 e. The number of unbranched alkanes of at least 4 members (excludes halogenated alkanes) is 2. The van der Waals surface area contributed by atoms with Crippen molar-refractivity contribution in [2.24, 2.45) is 0 Å². The van der Waals surface area contributed by atoms with Crippen molar-refractivity contribution in [1.82, 2.24) is 0 Å². The lowest BCUT2D eigenvalue weighted by Gasteiger charge is -2.09. The van der Waals surface area contributed by atoms with Crippen LogP contribution >= 0.6 is 45.2 Å². The van der Waals surface area contributed by atoms with E-state index in [0.29, 0.717) is 6.61 Å². The summed E-state index contributed by atoms with van der Waals surface area (Å²) in [4.78, 5) is 11.4. The highest BCUT2D eigenvalue weighted by molar-refractivity contribution is 14.1. The van der Waals surface area contributed by atoms with Crippen LogP contribution in [0.5, 0.6) is 0 Å². The number of alkyl halides is 2. The molecule has 14 heavy (non-hydrogen) atoms. The molecule has 0 aliphatic heterocycles. The van der Waals surface area contributed by atoms with E-state index in [-0.39, 0.29) is 9.89 Å². The molecule has 0 amide bonds. The predicted octanol–water partition coefficient (Wildman–Crippen LogP) is 3.74. The molecule has 0 heterocycles. The third-order valence-corrected chi connectivity index (χ3v) is 3.73. The summed E-state index contributed by atoms with van der Waals surface area (Å²) in [5, 5.41) is 0. The first-order valence-electron chi connectivity index (χ1n) is 5.09. The standard InChI is InChI=1S/C10H18I2O2/c1-2-3-8-14-10(13)9(12)6-4-5-7-11/h9H,2-8H2,1H3. The highest BCUT2D eigenvalue weighted by Crippen LogP contribution is 2.13. The first kappa shape index (κ1) is 14.9. The van der Waals surface area contributed by atoms with Gasteiger partial charge in [-0.2, -0.15) is 0 Å². The lowest BCUT2D eigenvalue weighted by Crippen LogP contribution is -2.17. The minimum Gasteiger partial charge on any atom is -0.465 e. The van der Waals surface area contributed by atoms with E-state index in [0.717, 1.165) is 25.7 Å². The van der Waals surface area contributed by atoms with Crippen LogP contribution < -0.4 is 0 Å². The van der Waals surface area contributed by atoms with E-state index in [2.05, 4.69) is 52.1 Å². The van der Waals surface area contributed by atoms with Crippen LogP contribution in [-0.4, -0.2) is 20.9 Å². The third-order valence-electron chi connectivity index (χ3n) is 1.84. The number of hydrogen-bond acceptors (Lipinski definition) is 2. The van der Waals surface area contributed by atoms with Gasteiger partial charge in [-0.05, 0) is 23.7 Å². The molecule has 0 bridgehead atoms. The Morgan fingerprint density at radius 2 is 2.07 bits per heavy atom. The van der Waals surface area contributed by atoms with Gasteiger partial charge in [-0.3, -0.25) is 4.79 Å². The molecule has 1 unspecified atom stereocenters. The van der Waals surface area contributed by atoms with Crippen molar-refractivity contribution in [3.8, 4) is 0 Å². The van der Waals surface area contributed by atoms with Gasteiger partial charge in [0.15, 0.2) is 0 Å². The van der Waals surface area contributed by atoms with E-state index in [4.69, 9.17) is 4.74 Å². The molecule has 0 fully saturated rings. The Labute approximate surface area is 114 Å². The van der Waals surface area contributed by atoms with Gasteiger partial charge in [0, 0.05) is 0 Å². The van der Waals surface area contributed by atoms with Gasteiger partial charge in [-0.25, -0.2) is 0 Å². The number of esters is 1. The van der Waals surface area contributed by atoms with E-state index < -0.39 is 0 Å². The first-order chi connectivity index (χ1) is 6.72. The van der Waals surface area contributed by atoms with Crippen LogP contribution in [0.25, 0.3) is 0 Å². The summed E-state index contributed by atoms with van der Waals surface area (Å²) >= 11 is 4.54. The maximum Gasteiger partial charge on any atom is 0.318 e. The Balaban J connectivity index is 3.44. The van der Waals surface area contributed by atoms with Crippen LogP contribution in [0.15, 0.2) is 0 Å². The number of halogens is 2. The molecule has 4 heteroatoms. The van der Waals surface area contributed by atoms with E-state index in [1.165, 1.54) is 10.8 Å². The Bertz CT molecular complexity index is 151. The molecule has 0 aliphatic carbocycles. The molecule has 0 N–H and O–H groups in total. The van der Waals surface area contributed by atoms with E-state index >= 15 is 0 Å². The normalized spacial score (nSPS) is 12.5. The van der Waals surface area contributed by atoms with E-state index in [1.807, 2.05) is 0 Å². The Morgan fingerprint density at radius 3 is 2.64 bits per heavy atom. The maximum atomic E-state index is 11.4. The Kier molecular flexibility index (Phi) is 11.1. The summed E-state index contributed by atoms with van der Waals surface area (Å²) in [6, 6.07) is 0. The highest BCUT2D eigenvalue weighted by Gasteiger charge is 2.14. The molecular weight excluding hydrogens is 406 g/mol. The molecule has 0 radical (unpaired) electrons. The number of rotatable bonds is 8. The molecule has 0 aromatic rings. The summed E-state index contributed by atoms with van der Waals surface area (Å²) in [5.74, 6) is -0.0347. The molecule has 0 aromatic heterocycles. The van der Waals surface area contributed by atoms with Crippen LogP contribution in [0, 0.1) is 0 Å². The second kappa shape index (κ2) is 10.4. The Hall–Kier alpha value is 0.930. The van der Waals surface area contributed by atoms with Crippen molar-refractivity contribution >= 4 is 51.2 Å². The largest absolute Gasteiger partial charge is 0.465 e. The van der Waals surface area contributed by atoms with E-state index in [9.17, 15) is 4.79 Å². The van der Waals surface area contributed by atoms with Crippen molar-refractivity contribution in [3.63, 3.8) is 0 Å². The highest BCUT2D eigenvalue weighted by atomic mass is 127. The van der Waals surface area contributed by atoms with Crippen LogP contribution in [-0.2, 0) is 9.53 Å². The topological polar surface area (TPSA) is 26.3 Å². The van der Waals surface area contributed by atoms with Crippen molar-refractivity contribution < 1.29 is 9.53 Å². The third kappa shape index (κ3) is 8.26. The van der Waals surface area contributed by atoms with Gasteiger partial charge >= 0.3 is 5.97 Å². The quantitative estimate of drug-likeness (QED) is 0.257. The fourth-order valence-corrected chi connectivity index (χ4v) is 2.10. The number of carbonyl (C=O) groups is 1. The summed E-state index contributed by atoms with van der Waals surface area (Å²) in [6.07, 6.45) is 5.33. The van der Waals surface area contributed by atoms with Gasteiger partial charge in [-0.15, -0.1) is 0 Å². The number of ether oxygens (including phenoxy) is 1. The molecule has 0 spiro atoms. The predicted molar refractivity (Wildman–Crippen MR) is 76.4 cm³/mol. The number of hydrogen-bond donors (Lipinski definition) is 0. The number of carbonyl (C=O) groups excluding carboxylic acids is 1. The SMILES string of the molecule is CCCCOC(=O)C(I)CCCCI. The summed E-state index contributed by atoms with van der Waals surface area (Å²) in [6.45, 7) is 2.68. The zero-order chi connectivity index (χ0) is 10.8. The minimum absolute atomic E-state index is 0.0347. The average molecular weight is 424 g/mol. The molecule has 0 aliphatic rings. The molecule has 0 saturated carbocycles. The van der Waals surface area contributed by atoms with Crippen LogP contribution in [0.3, 0.4) is 0 Å². The monoisotopic (exact) mass is 424 g/mol. The van der Waals surface area contributed by atoms with Crippen molar-refractivity contribution in [1.29, 1.82) is 0 Å². The maximum absolute atomic E-state index is 11.4. The average Bonchev–Trinajstić information content (AvgIpc) is 2.18. The van der Waals surface area contributed by atoms with Gasteiger partial charge in [0.25, 0.3) is 0 Å². The van der Waals surface area contributed by atoms with Crippen molar-refractivity contribution in [2.45, 2.75) is 43.0 Å². The van der Waals surface area contributed by atoms with Crippen LogP contribution in [0.1, 0.15) is 39.0 Å². The van der Waals surface area contributed by atoms with Gasteiger partial charge in [0.05, 0.1) is 6.61 Å². The summed E-state index contributed by atoms with van der Waals surface area (Å²) < 4.78 is 6.35. The lowest BCUT2D eigenvalue weighted by atomic mass is 10.2. The summed E-state index contributed by atoms with van der Waals surface area (Å²) in [7, 11) is 0. The van der Waals surface area contributed by atoms with Crippen molar-refractivity contribution in [3.05, 3.63) is 0 Å². The van der Waals surface area contributed by atoms with Gasteiger partial charge in [0.2, 0.25) is 0 Å². The molecule has 84 valence electrons. The van der Waals surface area contributed by atoms with Gasteiger partial charge in [0.1, 0.15) is 3.92 Å².